The molecule has 0 amide bonds. The molecule has 0 aliphatic heterocycles. The fourth-order valence-electron chi connectivity index (χ4n) is 1.48. The average Bonchev–Trinajstić information content (AvgIpc) is 2.30. The minimum atomic E-state index is -0.905. The summed E-state index contributed by atoms with van der Waals surface area (Å²) < 4.78 is 12.3. The maximum absolute atomic E-state index is 11.2. The summed E-state index contributed by atoms with van der Waals surface area (Å²) >= 11 is 3.41. The zero-order valence-corrected chi connectivity index (χ0v) is 11.2. The van der Waals surface area contributed by atoms with Crippen molar-refractivity contribution in [2.45, 2.75) is 4.90 Å². The van der Waals surface area contributed by atoms with Gasteiger partial charge in [-0.1, -0.05) is 40.2 Å². The van der Waals surface area contributed by atoms with Gasteiger partial charge in [0, 0.05) is 26.4 Å². The van der Waals surface area contributed by atoms with Crippen LogP contribution in [0.4, 0.5) is 0 Å². The Morgan fingerprint density at radius 1 is 0.875 bits per heavy atom. The highest BCUT2D eigenvalue weighted by Gasteiger charge is 1.99. The average molecular weight is 295 g/mol. The van der Waals surface area contributed by atoms with Crippen molar-refractivity contribution in [3.8, 4) is 11.1 Å². The zero-order chi connectivity index (χ0) is 11.5. The molecule has 0 bridgehead atoms. The number of hydrogen-bond acceptors (Lipinski definition) is 1. The first kappa shape index (κ1) is 11.6. The fraction of sp³-hybridized carbons (Fsp3) is 0.0769. The van der Waals surface area contributed by atoms with Crippen molar-refractivity contribution in [2.24, 2.45) is 0 Å². The molecule has 0 saturated carbocycles. The van der Waals surface area contributed by atoms with Crippen LogP contribution in [0.1, 0.15) is 0 Å². The van der Waals surface area contributed by atoms with Gasteiger partial charge in [0.1, 0.15) is 0 Å². The molecule has 0 spiro atoms. The van der Waals surface area contributed by atoms with Gasteiger partial charge in [0.15, 0.2) is 0 Å². The Hall–Kier alpha value is -0.930. The molecule has 0 aliphatic carbocycles. The largest absolute Gasteiger partial charge is 0.255 e. The van der Waals surface area contributed by atoms with Crippen LogP contribution in [0.15, 0.2) is 57.9 Å². The molecule has 0 saturated heterocycles. The Bertz CT molecular complexity index is 502. The summed E-state index contributed by atoms with van der Waals surface area (Å²) in [6.45, 7) is 0. The van der Waals surface area contributed by atoms with Crippen molar-refractivity contribution in [3.05, 3.63) is 53.0 Å². The van der Waals surface area contributed by atoms with Crippen molar-refractivity contribution < 1.29 is 4.21 Å². The van der Waals surface area contributed by atoms with E-state index >= 15 is 0 Å². The molecule has 2 rings (SSSR count). The summed E-state index contributed by atoms with van der Waals surface area (Å²) in [6.07, 6.45) is 1.69. The van der Waals surface area contributed by atoms with Gasteiger partial charge in [0.05, 0.1) is 0 Å². The third-order valence-corrected chi connectivity index (χ3v) is 3.83. The van der Waals surface area contributed by atoms with Gasteiger partial charge in [-0.2, -0.15) is 0 Å². The van der Waals surface area contributed by atoms with Crippen LogP contribution in [0.5, 0.6) is 0 Å². The summed E-state index contributed by atoms with van der Waals surface area (Å²) in [7, 11) is -0.905. The first-order valence-electron chi connectivity index (χ1n) is 4.86. The van der Waals surface area contributed by atoms with Crippen LogP contribution in [0.2, 0.25) is 0 Å². The third kappa shape index (κ3) is 2.60. The van der Waals surface area contributed by atoms with E-state index in [4.69, 9.17) is 0 Å². The van der Waals surface area contributed by atoms with Crippen molar-refractivity contribution in [2.75, 3.05) is 6.26 Å². The van der Waals surface area contributed by atoms with Gasteiger partial charge in [-0.05, 0) is 35.4 Å². The van der Waals surface area contributed by atoms with Crippen LogP contribution < -0.4 is 0 Å². The van der Waals surface area contributed by atoms with Gasteiger partial charge in [-0.3, -0.25) is 4.21 Å². The minimum absolute atomic E-state index is 0.862. The monoisotopic (exact) mass is 294 g/mol. The van der Waals surface area contributed by atoms with Crippen molar-refractivity contribution in [1.29, 1.82) is 0 Å². The lowest BCUT2D eigenvalue weighted by atomic mass is 10.1. The summed E-state index contributed by atoms with van der Waals surface area (Å²) in [4.78, 5) is 0.862. The van der Waals surface area contributed by atoms with E-state index in [0.717, 1.165) is 20.5 Å². The van der Waals surface area contributed by atoms with Crippen LogP contribution in [-0.4, -0.2) is 10.5 Å². The molecule has 16 heavy (non-hydrogen) atoms. The molecule has 1 atom stereocenters. The van der Waals surface area contributed by atoms with Gasteiger partial charge < -0.3 is 0 Å². The van der Waals surface area contributed by atoms with Crippen LogP contribution in [0.25, 0.3) is 11.1 Å². The Morgan fingerprint density at radius 3 is 1.75 bits per heavy atom. The summed E-state index contributed by atoms with van der Waals surface area (Å²) in [5.74, 6) is 0. The molecule has 0 heterocycles. The van der Waals surface area contributed by atoms with Crippen LogP contribution >= 0.6 is 15.9 Å². The maximum Gasteiger partial charge on any atom is 0.0498 e. The highest BCUT2D eigenvalue weighted by Crippen LogP contribution is 2.22. The normalized spacial score (nSPS) is 12.4. The molecule has 1 unspecified atom stereocenters. The van der Waals surface area contributed by atoms with E-state index in [-0.39, 0.29) is 0 Å². The van der Waals surface area contributed by atoms with Gasteiger partial charge in [0.2, 0.25) is 0 Å². The maximum atomic E-state index is 11.2. The topological polar surface area (TPSA) is 17.1 Å². The third-order valence-electron chi connectivity index (χ3n) is 2.36. The van der Waals surface area contributed by atoms with Gasteiger partial charge in [-0.15, -0.1) is 0 Å². The quantitative estimate of drug-likeness (QED) is 0.822. The molecule has 3 heteroatoms. The molecule has 0 aliphatic rings. The Kier molecular flexibility index (Phi) is 3.56. The Balaban J connectivity index is 2.34. The number of rotatable bonds is 2. The highest BCUT2D eigenvalue weighted by atomic mass is 79.9. The van der Waals surface area contributed by atoms with Gasteiger partial charge >= 0.3 is 0 Å². The zero-order valence-electron chi connectivity index (χ0n) is 8.81. The predicted octanol–water partition coefficient (Wildman–Crippen LogP) is 3.85. The number of halogens is 1. The second-order valence-electron chi connectivity index (χ2n) is 3.49. The van der Waals surface area contributed by atoms with E-state index in [1.54, 1.807) is 6.26 Å². The highest BCUT2D eigenvalue weighted by molar-refractivity contribution is 9.10. The molecule has 0 fully saturated rings. The smallest absolute Gasteiger partial charge is 0.0498 e. The lowest BCUT2D eigenvalue weighted by molar-refractivity contribution is 0.687. The summed E-state index contributed by atoms with van der Waals surface area (Å²) in [5.41, 5.74) is 2.30. The van der Waals surface area contributed by atoms with Crippen LogP contribution in [0.3, 0.4) is 0 Å². The molecule has 82 valence electrons. The van der Waals surface area contributed by atoms with Crippen molar-refractivity contribution >= 4 is 26.7 Å². The van der Waals surface area contributed by atoms with E-state index in [1.165, 1.54) is 0 Å². The molecular weight excluding hydrogens is 284 g/mol. The number of hydrogen-bond donors (Lipinski definition) is 0. The van der Waals surface area contributed by atoms with Crippen LogP contribution in [0, 0.1) is 0 Å². The molecule has 1 nitrogen and oxygen atoms in total. The standard InChI is InChI=1S/C13H11BrOS/c1-16(15)13-8-4-11(5-9-13)10-2-6-12(14)7-3-10/h2-9H,1H3. The van der Waals surface area contributed by atoms with E-state index in [9.17, 15) is 4.21 Å². The SMILES string of the molecule is CS(=O)c1ccc(-c2ccc(Br)cc2)cc1. The van der Waals surface area contributed by atoms with E-state index < -0.39 is 10.8 Å². The molecule has 0 radical (unpaired) electrons. The minimum Gasteiger partial charge on any atom is -0.255 e. The van der Waals surface area contributed by atoms with Crippen LogP contribution in [-0.2, 0) is 10.8 Å². The predicted molar refractivity (Wildman–Crippen MR) is 71.9 cm³/mol. The summed E-state index contributed by atoms with van der Waals surface area (Å²) in [6, 6.07) is 16.0. The lowest BCUT2D eigenvalue weighted by Crippen LogP contribution is -1.86. The first-order chi connectivity index (χ1) is 7.66. The van der Waals surface area contributed by atoms with Gasteiger partial charge in [-0.25, -0.2) is 0 Å². The number of benzene rings is 2. The fourth-order valence-corrected chi connectivity index (χ4v) is 2.27. The van der Waals surface area contributed by atoms with Gasteiger partial charge in [0.25, 0.3) is 0 Å². The molecule has 0 aromatic heterocycles. The lowest BCUT2D eigenvalue weighted by Gasteiger charge is -2.03. The second-order valence-corrected chi connectivity index (χ2v) is 5.78. The second kappa shape index (κ2) is 4.93. The summed E-state index contributed by atoms with van der Waals surface area (Å²) in [5, 5.41) is 0. The Morgan fingerprint density at radius 2 is 1.31 bits per heavy atom. The van der Waals surface area contributed by atoms with E-state index in [1.807, 2.05) is 36.4 Å². The Labute approximate surface area is 106 Å². The molecule has 2 aromatic rings. The van der Waals surface area contributed by atoms with E-state index in [2.05, 4.69) is 28.1 Å². The molecule has 0 N–H and O–H groups in total. The van der Waals surface area contributed by atoms with Crippen molar-refractivity contribution in [3.63, 3.8) is 0 Å². The molecular formula is C13H11BrOS. The van der Waals surface area contributed by atoms with E-state index in [0.29, 0.717) is 0 Å². The first-order valence-corrected chi connectivity index (χ1v) is 7.21. The molecule has 2 aromatic carbocycles. The van der Waals surface area contributed by atoms with Crippen molar-refractivity contribution in [1.82, 2.24) is 0 Å².